The summed E-state index contributed by atoms with van der Waals surface area (Å²) in [6.07, 6.45) is 2.70. The van der Waals surface area contributed by atoms with Gasteiger partial charge >= 0.3 is 0 Å². The third kappa shape index (κ3) is 4.82. The Morgan fingerprint density at radius 2 is 2.21 bits per heavy atom. The van der Waals surface area contributed by atoms with Gasteiger partial charge in [0.1, 0.15) is 5.82 Å². The van der Waals surface area contributed by atoms with E-state index < -0.39 is 0 Å². The monoisotopic (exact) mass is 327 g/mol. The van der Waals surface area contributed by atoms with Gasteiger partial charge in [0, 0.05) is 30.8 Å². The minimum absolute atomic E-state index is 0.00102. The van der Waals surface area contributed by atoms with E-state index >= 15 is 0 Å². The molecule has 106 valence electrons. The fourth-order valence-electron chi connectivity index (χ4n) is 1.82. The standard InChI is InChI=1S/C14H22BrN3O/c1-5-6-16-13-12(7-11(15)8-17-13)14(19)18(4)9-10(2)3/h7-8,10H,5-6,9H2,1-4H3,(H,16,17). The molecule has 1 heterocycles. The fourth-order valence-corrected chi connectivity index (χ4v) is 2.15. The summed E-state index contributed by atoms with van der Waals surface area (Å²) in [5, 5.41) is 3.20. The molecule has 1 aromatic rings. The van der Waals surface area contributed by atoms with E-state index in [0.717, 1.165) is 24.0 Å². The summed E-state index contributed by atoms with van der Waals surface area (Å²) < 4.78 is 0.816. The molecule has 0 unspecified atom stereocenters. The molecule has 0 aliphatic rings. The van der Waals surface area contributed by atoms with Crippen LogP contribution in [-0.4, -0.2) is 35.9 Å². The van der Waals surface area contributed by atoms with Crippen LogP contribution in [0.25, 0.3) is 0 Å². The summed E-state index contributed by atoms with van der Waals surface area (Å²) in [6, 6.07) is 1.82. The molecule has 0 spiro atoms. The van der Waals surface area contributed by atoms with Crippen LogP contribution in [-0.2, 0) is 0 Å². The average molecular weight is 328 g/mol. The third-order valence-electron chi connectivity index (χ3n) is 2.61. The Balaban J connectivity index is 2.95. The summed E-state index contributed by atoms with van der Waals surface area (Å²) in [5.74, 6) is 1.10. The Bertz CT molecular complexity index is 435. The highest BCUT2D eigenvalue weighted by Crippen LogP contribution is 2.20. The summed E-state index contributed by atoms with van der Waals surface area (Å²) in [7, 11) is 1.83. The van der Waals surface area contributed by atoms with E-state index in [1.54, 1.807) is 11.1 Å². The molecule has 19 heavy (non-hydrogen) atoms. The molecule has 5 heteroatoms. The van der Waals surface area contributed by atoms with E-state index in [1.165, 1.54) is 0 Å². The lowest BCUT2D eigenvalue weighted by Crippen LogP contribution is -2.31. The van der Waals surface area contributed by atoms with Crippen LogP contribution in [0.5, 0.6) is 0 Å². The first-order chi connectivity index (χ1) is 8.95. The van der Waals surface area contributed by atoms with Gasteiger partial charge in [-0.1, -0.05) is 20.8 Å². The zero-order chi connectivity index (χ0) is 14.4. The van der Waals surface area contributed by atoms with Crippen LogP contribution < -0.4 is 5.32 Å². The van der Waals surface area contributed by atoms with Crippen molar-refractivity contribution in [1.29, 1.82) is 0 Å². The Labute approximate surface area is 123 Å². The van der Waals surface area contributed by atoms with Crippen molar-refractivity contribution in [2.45, 2.75) is 27.2 Å². The van der Waals surface area contributed by atoms with Crippen molar-refractivity contribution in [3.8, 4) is 0 Å². The van der Waals surface area contributed by atoms with Crippen LogP contribution in [0.3, 0.4) is 0 Å². The van der Waals surface area contributed by atoms with Crippen molar-refractivity contribution < 1.29 is 4.79 Å². The van der Waals surface area contributed by atoms with E-state index in [2.05, 4.69) is 47.0 Å². The van der Waals surface area contributed by atoms with E-state index in [-0.39, 0.29) is 5.91 Å². The summed E-state index contributed by atoms with van der Waals surface area (Å²) in [6.45, 7) is 7.82. The lowest BCUT2D eigenvalue weighted by atomic mass is 10.1. The lowest BCUT2D eigenvalue weighted by Gasteiger charge is -2.21. The maximum atomic E-state index is 12.4. The van der Waals surface area contributed by atoms with Crippen LogP contribution in [0.2, 0.25) is 0 Å². The minimum atomic E-state index is 0.00102. The van der Waals surface area contributed by atoms with Crippen LogP contribution in [0.15, 0.2) is 16.7 Å². The zero-order valence-corrected chi connectivity index (χ0v) is 13.6. The van der Waals surface area contributed by atoms with E-state index in [0.29, 0.717) is 17.3 Å². The first kappa shape index (κ1) is 16.0. The number of hydrogen-bond acceptors (Lipinski definition) is 3. The number of halogens is 1. The molecule has 0 aliphatic heterocycles. The van der Waals surface area contributed by atoms with Crippen LogP contribution in [0.1, 0.15) is 37.6 Å². The second-order valence-corrected chi connectivity index (χ2v) is 5.97. The van der Waals surface area contributed by atoms with Gasteiger partial charge in [0.05, 0.1) is 5.56 Å². The number of aromatic nitrogens is 1. The molecule has 1 aromatic heterocycles. The number of nitrogens with zero attached hydrogens (tertiary/aromatic N) is 2. The highest BCUT2D eigenvalue weighted by Gasteiger charge is 2.18. The molecule has 1 N–H and O–H groups in total. The molecule has 0 saturated heterocycles. The minimum Gasteiger partial charge on any atom is -0.369 e. The summed E-state index contributed by atoms with van der Waals surface area (Å²) in [4.78, 5) is 18.5. The fraction of sp³-hybridized carbons (Fsp3) is 0.571. The van der Waals surface area contributed by atoms with Crippen LogP contribution >= 0.6 is 15.9 Å². The second-order valence-electron chi connectivity index (χ2n) is 5.06. The highest BCUT2D eigenvalue weighted by molar-refractivity contribution is 9.10. The molecule has 0 fully saturated rings. The summed E-state index contributed by atoms with van der Waals surface area (Å²) >= 11 is 3.37. The smallest absolute Gasteiger partial charge is 0.257 e. The summed E-state index contributed by atoms with van der Waals surface area (Å²) in [5.41, 5.74) is 0.617. The quantitative estimate of drug-likeness (QED) is 0.871. The number of anilines is 1. The predicted octanol–water partition coefficient (Wildman–Crippen LogP) is 3.39. The van der Waals surface area contributed by atoms with E-state index in [4.69, 9.17) is 0 Å². The molecule has 4 nitrogen and oxygen atoms in total. The normalized spacial score (nSPS) is 10.6. The first-order valence-electron chi connectivity index (χ1n) is 6.60. The van der Waals surface area contributed by atoms with Gasteiger partial charge in [-0.05, 0) is 34.3 Å². The molecule has 0 aromatic carbocycles. The maximum absolute atomic E-state index is 12.4. The lowest BCUT2D eigenvalue weighted by molar-refractivity contribution is 0.0779. The molecule has 1 amide bonds. The Morgan fingerprint density at radius 3 is 2.79 bits per heavy atom. The van der Waals surface area contributed by atoms with Gasteiger partial charge in [-0.15, -0.1) is 0 Å². The van der Waals surface area contributed by atoms with E-state index in [1.807, 2.05) is 13.1 Å². The van der Waals surface area contributed by atoms with Gasteiger partial charge in [-0.3, -0.25) is 4.79 Å². The highest BCUT2D eigenvalue weighted by atomic mass is 79.9. The molecule has 0 saturated carbocycles. The zero-order valence-electron chi connectivity index (χ0n) is 12.0. The molecule has 0 atom stereocenters. The van der Waals surface area contributed by atoms with Gasteiger partial charge < -0.3 is 10.2 Å². The van der Waals surface area contributed by atoms with Gasteiger partial charge in [0.15, 0.2) is 0 Å². The Hall–Kier alpha value is -1.10. The maximum Gasteiger partial charge on any atom is 0.257 e. The molecule has 0 bridgehead atoms. The number of carbonyl (C=O) groups is 1. The molecular formula is C14H22BrN3O. The van der Waals surface area contributed by atoms with Crippen molar-refractivity contribution in [2.24, 2.45) is 5.92 Å². The number of carbonyl (C=O) groups excluding carboxylic acids is 1. The van der Waals surface area contributed by atoms with E-state index in [9.17, 15) is 4.79 Å². The number of amides is 1. The van der Waals surface area contributed by atoms with Crippen molar-refractivity contribution in [2.75, 3.05) is 25.5 Å². The van der Waals surface area contributed by atoms with Crippen LogP contribution in [0.4, 0.5) is 5.82 Å². The van der Waals surface area contributed by atoms with Crippen molar-refractivity contribution in [3.63, 3.8) is 0 Å². The Morgan fingerprint density at radius 1 is 1.53 bits per heavy atom. The van der Waals surface area contributed by atoms with Gasteiger partial charge in [-0.25, -0.2) is 4.98 Å². The largest absolute Gasteiger partial charge is 0.369 e. The molecule has 1 rings (SSSR count). The second kappa shape index (κ2) is 7.48. The first-order valence-corrected chi connectivity index (χ1v) is 7.39. The van der Waals surface area contributed by atoms with Crippen LogP contribution in [0, 0.1) is 5.92 Å². The third-order valence-corrected chi connectivity index (χ3v) is 3.05. The SMILES string of the molecule is CCCNc1ncc(Br)cc1C(=O)N(C)CC(C)C. The number of rotatable bonds is 6. The number of nitrogens with one attached hydrogen (secondary N) is 1. The van der Waals surface area contributed by atoms with Crippen molar-refractivity contribution >= 4 is 27.7 Å². The average Bonchev–Trinajstić information content (AvgIpc) is 2.35. The van der Waals surface area contributed by atoms with Gasteiger partial charge in [-0.2, -0.15) is 0 Å². The molecular weight excluding hydrogens is 306 g/mol. The number of pyridine rings is 1. The van der Waals surface area contributed by atoms with Gasteiger partial charge in [0.25, 0.3) is 5.91 Å². The van der Waals surface area contributed by atoms with Gasteiger partial charge in [0.2, 0.25) is 0 Å². The predicted molar refractivity (Wildman–Crippen MR) is 82.5 cm³/mol. The molecule has 0 radical (unpaired) electrons. The van der Waals surface area contributed by atoms with Crippen molar-refractivity contribution in [3.05, 3.63) is 22.3 Å². The number of hydrogen-bond donors (Lipinski definition) is 1. The topological polar surface area (TPSA) is 45.2 Å². The Kier molecular flexibility index (Phi) is 6.28. The van der Waals surface area contributed by atoms with Crippen molar-refractivity contribution in [1.82, 2.24) is 9.88 Å². The molecule has 0 aliphatic carbocycles.